The summed E-state index contributed by atoms with van der Waals surface area (Å²) in [5.41, 5.74) is 1.86. The van der Waals surface area contributed by atoms with Crippen LogP contribution < -0.4 is 10.1 Å². The third-order valence-electron chi connectivity index (χ3n) is 3.28. The van der Waals surface area contributed by atoms with Crippen LogP contribution in [0.2, 0.25) is 0 Å². The molecule has 0 radical (unpaired) electrons. The summed E-state index contributed by atoms with van der Waals surface area (Å²) in [6.07, 6.45) is 0. The number of aryl methyl sites for hydroxylation is 2. The van der Waals surface area contributed by atoms with E-state index in [4.69, 9.17) is 4.74 Å². The van der Waals surface area contributed by atoms with Gasteiger partial charge in [-0.15, -0.1) is 0 Å². The molecule has 0 aliphatic carbocycles. The van der Waals surface area contributed by atoms with Crippen molar-refractivity contribution < 1.29 is 9.53 Å². The third kappa shape index (κ3) is 5.09. The number of aromatic amines is 1. The normalized spacial score (nSPS) is 10.5. The maximum atomic E-state index is 12.0. The molecule has 0 saturated heterocycles. The van der Waals surface area contributed by atoms with Gasteiger partial charge in [-0.3, -0.25) is 9.89 Å². The number of carbonyl (C=O) groups is 1. The largest absolute Gasteiger partial charge is 0.457 e. The Balaban J connectivity index is 1.52. The van der Waals surface area contributed by atoms with Gasteiger partial charge in [0.25, 0.3) is 0 Å². The average Bonchev–Trinajstić information content (AvgIpc) is 3.00. The maximum absolute atomic E-state index is 12.0. The van der Waals surface area contributed by atoms with Crippen LogP contribution in [-0.2, 0) is 4.79 Å². The van der Waals surface area contributed by atoms with E-state index in [-0.39, 0.29) is 11.7 Å². The molecule has 3 rings (SSSR count). The van der Waals surface area contributed by atoms with E-state index in [9.17, 15) is 4.79 Å². The van der Waals surface area contributed by atoms with E-state index in [1.54, 1.807) is 6.92 Å². The van der Waals surface area contributed by atoms with Gasteiger partial charge in [0.15, 0.2) is 5.16 Å². The van der Waals surface area contributed by atoms with Crippen LogP contribution in [0.5, 0.6) is 11.5 Å². The first kappa shape index (κ1) is 17.0. The molecule has 0 bridgehead atoms. The van der Waals surface area contributed by atoms with Crippen LogP contribution in [0, 0.1) is 13.8 Å². The van der Waals surface area contributed by atoms with Gasteiger partial charge in [0.2, 0.25) is 5.91 Å². The summed E-state index contributed by atoms with van der Waals surface area (Å²) in [7, 11) is 0. The number of carbonyl (C=O) groups excluding carboxylic acids is 1. The van der Waals surface area contributed by atoms with E-state index in [2.05, 4.69) is 20.5 Å². The molecule has 0 unspecified atom stereocenters. The lowest BCUT2D eigenvalue weighted by Gasteiger charge is -2.08. The first-order valence-corrected chi connectivity index (χ1v) is 8.73. The van der Waals surface area contributed by atoms with Crippen molar-refractivity contribution in [3.63, 3.8) is 0 Å². The van der Waals surface area contributed by atoms with Gasteiger partial charge in [-0.05, 0) is 55.8 Å². The van der Waals surface area contributed by atoms with E-state index in [0.29, 0.717) is 11.0 Å². The summed E-state index contributed by atoms with van der Waals surface area (Å²) in [6, 6.07) is 15.1. The van der Waals surface area contributed by atoms with Crippen LogP contribution in [0.25, 0.3) is 0 Å². The molecule has 0 aliphatic heterocycles. The second-order valence-electron chi connectivity index (χ2n) is 5.47. The number of thioether (sulfide) groups is 1. The molecule has 128 valence electrons. The number of anilines is 1. The van der Waals surface area contributed by atoms with Gasteiger partial charge in [0.1, 0.15) is 17.3 Å². The molecular weight excluding hydrogens is 336 g/mol. The highest BCUT2D eigenvalue weighted by atomic mass is 32.2. The van der Waals surface area contributed by atoms with Crippen molar-refractivity contribution in [3.05, 3.63) is 59.9 Å². The number of amides is 1. The van der Waals surface area contributed by atoms with Crippen LogP contribution in [0.4, 0.5) is 5.69 Å². The van der Waals surface area contributed by atoms with Gasteiger partial charge in [-0.25, -0.2) is 4.98 Å². The van der Waals surface area contributed by atoms with Crippen LogP contribution in [0.1, 0.15) is 11.4 Å². The number of nitrogens with zero attached hydrogens (tertiary/aromatic N) is 2. The predicted molar refractivity (Wildman–Crippen MR) is 98.2 cm³/mol. The van der Waals surface area contributed by atoms with Crippen LogP contribution in [-0.4, -0.2) is 26.8 Å². The lowest BCUT2D eigenvalue weighted by atomic mass is 10.2. The summed E-state index contributed by atoms with van der Waals surface area (Å²) in [6.45, 7) is 3.81. The minimum absolute atomic E-state index is 0.105. The quantitative estimate of drug-likeness (QED) is 0.655. The second kappa shape index (κ2) is 7.85. The second-order valence-corrected chi connectivity index (χ2v) is 6.43. The SMILES string of the molecule is Cc1cccc(Oc2ccc(NC(=O)CSc3nc(C)n[nH]3)cc2)c1. The van der Waals surface area contributed by atoms with E-state index in [1.165, 1.54) is 11.8 Å². The molecular formula is C18H18N4O2S. The maximum Gasteiger partial charge on any atom is 0.234 e. The number of nitrogens with one attached hydrogen (secondary N) is 2. The summed E-state index contributed by atoms with van der Waals surface area (Å²) < 4.78 is 5.79. The number of H-pyrrole nitrogens is 1. The number of hydrogen-bond acceptors (Lipinski definition) is 5. The molecule has 0 atom stereocenters. The summed E-state index contributed by atoms with van der Waals surface area (Å²) >= 11 is 1.31. The van der Waals surface area contributed by atoms with E-state index >= 15 is 0 Å². The Bertz CT molecular complexity index is 862. The highest BCUT2D eigenvalue weighted by Gasteiger charge is 2.07. The predicted octanol–water partition coefficient (Wildman–Crippen LogP) is 3.94. The van der Waals surface area contributed by atoms with Gasteiger partial charge >= 0.3 is 0 Å². The number of ether oxygens (including phenoxy) is 1. The topological polar surface area (TPSA) is 79.9 Å². The average molecular weight is 354 g/mol. The minimum Gasteiger partial charge on any atom is -0.457 e. The molecule has 6 nitrogen and oxygen atoms in total. The Hall–Kier alpha value is -2.80. The Morgan fingerprint density at radius 2 is 1.96 bits per heavy atom. The number of hydrogen-bond donors (Lipinski definition) is 2. The van der Waals surface area contributed by atoms with Crippen molar-refractivity contribution in [1.29, 1.82) is 0 Å². The fourth-order valence-electron chi connectivity index (χ4n) is 2.14. The Kier molecular flexibility index (Phi) is 5.35. The molecule has 0 aliphatic rings. The van der Waals surface area contributed by atoms with Gasteiger partial charge in [-0.1, -0.05) is 23.9 Å². The van der Waals surface area contributed by atoms with Crippen LogP contribution in [0.15, 0.2) is 53.7 Å². The molecule has 25 heavy (non-hydrogen) atoms. The highest BCUT2D eigenvalue weighted by molar-refractivity contribution is 7.99. The molecule has 0 saturated carbocycles. The summed E-state index contributed by atoms with van der Waals surface area (Å²) in [5, 5.41) is 10.2. The zero-order chi connectivity index (χ0) is 17.6. The number of rotatable bonds is 6. The minimum atomic E-state index is -0.105. The van der Waals surface area contributed by atoms with Crippen LogP contribution in [0.3, 0.4) is 0 Å². The smallest absolute Gasteiger partial charge is 0.234 e. The zero-order valence-corrected chi connectivity index (χ0v) is 14.8. The van der Waals surface area contributed by atoms with Crippen molar-refractivity contribution in [2.24, 2.45) is 0 Å². The Morgan fingerprint density at radius 1 is 1.16 bits per heavy atom. The van der Waals surface area contributed by atoms with E-state index in [1.807, 2.05) is 55.5 Å². The monoisotopic (exact) mass is 354 g/mol. The lowest BCUT2D eigenvalue weighted by Crippen LogP contribution is -2.14. The van der Waals surface area contributed by atoms with Gasteiger partial charge < -0.3 is 10.1 Å². The van der Waals surface area contributed by atoms with Gasteiger partial charge in [0.05, 0.1) is 5.75 Å². The van der Waals surface area contributed by atoms with Crippen molar-refractivity contribution in [2.75, 3.05) is 11.1 Å². The van der Waals surface area contributed by atoms with E-state index < -0.39 is 0 Å². The number of benzene rings is 2. The molecule has 3 aromatic rings. The molecule has 1 amide bonds. The lowest BCUT2D eigenvalue weighted by molar-refractivity contribution is -0.113. The fraction of sp³-hybridized carbons (Fsp3) is 0.167. The molecule has 1 aromatic heterocycles. The van der Waals surface area contributed by atoms with Gasteiger partial charge in [-0.2, -0.15) is 5.10 Å². The summed E-state index contributed by atoms with van der Waals surface area (Å²) in [4.78, 5) is 16.1. The zero-order valence-electron chi connectivity index (χ0n) is 13.9. The van der Waals surface area contributed by atoms with E-state index in [0.717, 1.165) is 22.7 Å². The van der Waals surface area contributed by atoms with Crippen molar-refractivity contribution in [1.82, 2.24) is 15.2 Å². The third-order valence-corrected chi connectivity index (χ3v) is 4.14. The molecule has 2 aromatic carbocycles. The molecule has 1 heterocycles. The van der Waals surface area contributed by atoms with Crippen molar-refractivity contribution in [2.45, 2.75) is 19.0 Å². The van der Waals surface area contributed by atoms with Gasteiger partial charge in [0, 0.05) is 5.69 Å². The molecule has 0 spiro atoms. The van der Waals surface area contributed by atoms with Crippen molar-refractivity contribution in [3.8, 4) is 11.5 Å². The molecule has 2 N–H and O–H groups in total. The summed E-state index contributed by atoms with van der Waals surface area (Å²) in [5.74, 6) is 2.32. The standard InChI is InChI=1S/C18H18N4O2S/c1-12-4-3-5-16(10-12)24-15-8-6-14(7-9-15)20-17(23)11-25-18-19-13(2)21-22-18/h3-10H,11H2,1-2H3,(H,20,23)(H,19,21,22). The highest BCUT2D eigenvalue weighted by Crippen LogP contribution is 2.23. The van der Waals surface area contributed by atoms with Crippen molar-refractivity contribution >= 4 is 23.4 Å². The first-order valence-electron chi connectivity index (χ1n) is 7.75. The van der Waals surface area contributed by atoms with Crippen LogP contribution >= 0.6 is 11.8 Å². The molecule has 0 fully saturated rings. The molecule has 7 heteroatoms. The number of aromatic nitrogens is 3. The first-order chi connectivity index (χ1) is 12.1. The Morgan fingerprint density at radius 3 is 2.64 bits per heavy atom. The Labute approximate surface area is 150 Å². The fourth-order valence-corrected chi connectivity index (χ4v) is 2.79.